The zero-order chi connectivity index (χ0) is 22.4. The Hall–Kier alpha value is -3.85. The molecule has 0 spiro atoms. The third-order valence-corrected chi connectivity index (χ3v) is 5.31. The molecule has 0 aliphatic rings. The molecule has 0 fully saturated rings. The van der Waals surface area contributed by atoms with Gasteiger partial charge in [-0.2, -0.15) is 5.26 Å². The van der Waals surface area contributed by atoms with Crippen LogP contribution < -0.4 is 10.1 Å². The van der Waals surface area contributed by atoms with Crippen LogP contribution in [0.1, 0.15) is 42.4 Å². The number of carboxylic acids is 1. The molecule has 2 N–H and O–H groups in total. The second-order valence-corrected chi connectivity index (χ2v) is 7.34. The SMILES string of the molecule is COc1ccc2ccccc2c1C(C)C(=O)Nc1cc(C#N)ccc1CCCC(=O)O. The molecule has 6 heteroatoms. The zero-order valence-electron chi connectivity index (χ0n) is 17.5. The number of nitriles is 1. The minimum Gasteiger partial charge on any atom is -0.496 e. The summed E-state index contributed by atoms with van der Waals surface area (Å²) in [4.78, 5) is 24.1. The second-order valence-electron chi connectivity index (χ2n) is 7.34. The van der Waals surface area contributed by atoms with Crippen LogP contribution in [-0.4, -0.2) is 24.1 Å². The van der Waals surface area contributed by atoms with Crippen LogP contribution in [0.3, 0.4) is 0 Å². The number of carbonyl (C=O) groups is 2. The van der Waals surface area contributed by atoms with Gasteiger partial charge in [0.2, 0.25) is 5.91 Å². The second kappa shape index (κ2) is 9.77. The molecule has 0 saturated heterocycles. The maximum Gasteiger partial charge on any atom is 0.303 e. The number of aryl methyl sites for hydroxylation is 1. The topological polar surface area (TPSA) is 99.4 Å². The Labute approximate surface area is 181 Å². The summed E-state index contributed by atoms with van der Waals surface area (Å²) in [5, 5.41) is 23.1. The van der Waals surface area contributed by atoms with Gasteiger partial charge in [0.1, 0.15) is 5.75 Å². The van der Waals surface area contributed by atoms with Crippen molar-refractivity contribution in [2.75, 3.05) is 12.4 Å². The van der Waals surface area contributed by atoms with Crippen molar-refractivity contribution >= 4 is 28.3 Å². The van der Waals surface area contributed by atoms with Crippen LogP contribution in [-0.2, 0) is 16.0 Å². The Morgan fingerprint density at radius 1 is 1.16 bits per heavy atom. The highest BCUT2D eigenvalue weighted by Gasteiger charge is 2.23. The molecular formula is C25H24N2O4. The molecule has 0 bridgehead atoms. The molecule has 3 rings (SSSR count). The maximum atomic E-state index is 13.2. The summed E-state index contributed by atoms with van der Waals surface area (Å²) in [5.41, 5.74) is 2.54. The number of fused-ring (bicyclic) bond motifs is 1. The van der Waals surface area contributed by atoms with Crippen molar-refractivity contribution in [1.29, 1.82) is 5.26 Å². The Balaban J connectivity index is 1.92. The molecule has 1 amide bonds. The molecule has 3 aromatic rings. The van der Waals surface area contributed by atoms with Crippen LogP contribution in [0.2, 0.25) is 0 Å². The van der Waals surface area contributed by atoms with E-state index in [1.165, 1.54) is 0 Å². The van der Waals surface area contributed by atoms with Gasteiger partial charge in [-0.1, -0.05) is 36.4 Å². The van der Waals surface area contributed by atoms with Crippen LogP contribution in [0.5, 0.6) is 5.75 Å². The number of aliphatic carboxylic acids is 1. The average Bonchev–Trinajstić information content (AvgIpc) is 2.78. The molecule has 3 aromatic carbocycles. The van der Waals surface area contributed by atoms with E-state index in [1.54, 1.807) is 25.3 Å². The van der Waals surface area contributed by atoms with Crippen molar-refractivity contribution in [3.8, 4) is 11.8 Å². The van der Waals surface area contributed by atoms with Crippen LogP contribution >= 0.6 is 0 Å². The summed E-state index contributed by atoms with van der Waals surface area (Å²) in [5.74, 6) is -0.979. The van der Waals surface area contributed by atoms with E-state index in [0.29, 0.717) is 29.8 Å². The van der Waals surface area contributed by atoms with Crippen molar-refractivity contribution in [2.45, 2.75) is 32.1 Å². The smallest absolute Gasteiger partial charge is 0.303 e. The molecule has 0 radical (unpaired) electrons. The summed E-state index contributed by atoms with van der Waals surface area (Å²) in [6.45, 7) is 1.82. The normalized spacial score (nSPS) is 11.5. The highest BCUT2D eigenvalue weighted by molar-refractivity contribution is 6.00. The molecule has 0 aliphatic carbocycles. The number of hydrogen-bond acceptors (Lipinski definition) is 4. The zero-order valence-corrected chi connectivity index (χ0v) is 17.5. The van der Waals surface area contributed by atoms with Crippen LogP contribution in [0, 0.1) is 11.3 Å². The number of amides is 1. The van der Waals surface area contributed by atoms with Crippen molar-refractivity contribution in [3.05, 3.63) is 71.3 Å². The largest absolute Gasteiger partial charge is 0.496 e. The lowest BCUT2D eigenvalue weighted by Crippen LogP contribution is -2.20. The quantitative estimate of drug-likeness (QED) is 0.546. The van der Waals surface area contributed by atoms with E-state index < -0.39 is 11.9 Å². The number of nitrogens with one attached hydrogen (secondary N) is 1. The van der Waals surface area contributed by atoms with Crippen molar-refractivity contribution in [2.24, 2.45) is 0 Å². The Bertz CT molecular complexity index is 1160. The standard InChI is InChI=1S/C25H24N2O4/c1-16(24-20-8-4-3-6-18(20)12-13-22(24)31-2)25(30)27-21-14-17(15-26)10-11-19(21)7-5-9-23(28)29/h3-4,6,8,10-14,16H,5,7,9H2,1-2H3,(H,27,30)(H,28,29). The Morgan fingerprint density at radius 3 is 2.65 bits per heavy atom. The van der Waals surface area contributed by atoms with E-state index >= 15 is 0 Å². The van der Waals surface area contributed by atoms with E-state index in [1.807, 2.05) is 43.3 Å². The van der Waals surface area contributed by atoms with Gasteiger partial charge < -0.3 is 15.2 Å². The number of ether oxygens (including phenoxy) is 1. The van der Waals surface area contributed by atoms with Gasteiger partial charge in [-0.3, -0.25) is 9.59 Å². The van der Waals surface area contributed by atoms with E-state index in [2.05, 4.69) is 11.4 Å². The van der Waals surface area contributed by atoms with Gasteiger partial charge in [-0.05, 0) is 54.3 Å². The number of methoxy groups -OCH3 is 1. The molecule has 31 heavy (non-hydrogen) atoms. The number of carbonyl (C=O) groups excluding carboxylic acids is 1. The molecule has 158 valence electrons. The van der Waals surface area contributed by atoms with E-state index in [-0.39, 0.29) is 12.3 Å². The highest BCUT2D eigenvalue weighted by Crippen LogP contribution is 2.35. The predicted octanol–water partition coefficient (Wildman–Crippen LogP) is 4.87. The van der Waals surface area contributed by atoms with E-state index in [4.69, 9.17) is 9.84 Å². The van der Waals surface area contributed by atoms with Gasteiger partial charge in [-0.15, -0.1) is 0 Å². The Morgan fingerprint density at radius 2 is 1.94 bits per heavy atom. The summed E-state index contributed by atoms with van der Waals surface area (Å²) >= 11 is 0. The van der Waals surface area contributed by atoms with Crippen LogP contribution in [0.25, 0.3) is 10.8 Å². The van der Waals surface area contributed by atoms with Crippen molar-refractivity contribution < 1.29 is 19.4 Å². The molecule has 1 atom stereocenters. The molecule has 6 nitrogen and oxygen atoms in total. The third-order valence-electron chi connectivity index (χ3n) is 5.31. The monoisotopic (exact) mass is 416 g/mol. The van der Waals surface area contributed by atoms with Crippen molar-refractivity contribution in [3.63, 3.8) is 0 Å². The lowest BCUT2D eigenvalue weighted by atomic mass is 9.92. The lowest BCUT2D eigenvalue weighted by Gasteiger charge is -2.19. The first kappa shape index (κ1) is 21.8. The fraction of sp³-hybridized carbons (Fsp3) is 0.240. The number of rotatable bonds is 8. The fourth-order valence-electron chi connectivity index (χ4n) is 3.68. The summed E-state index contributed by atoms with van der Waals surface area (Å²) in [6.07, 6.45) is 0.966. The molecule has 1 unspecified atom stereocenters. The minimum absolute atomic E-state index is 0.0387. The number of benzene rings is 3. The molecule has 0 aliphatic heterocycles. The summed E-state index contributed by atoms with van der Waals surface area (Å²) in [6, 6.07) is 18.8. The maximum absolute atomic E-state index is 13.2. The van der Waals surface area contributed by atoms with Crippen molar-refractivity contribution in [1.82, 2.24) is 0 Å². The first-order chi connectivity index (χ1) is 14.9. The Kier molecular flexibility index (Phi) is 6.88. The first-order valence-corrected chi connectivity index (χ1v) is 10.1. The lowest BCUT2D eigenvalue weighted by molar-refractivity contribution is -0.137. The third kappa shape index (κ3) is 5.01. The number of hydrogen-bond donors (Lipinski definition) is 2. The van der Waals surface area contributed by atoms with Crippen LogP contribution in [0.4, 0.5) is 5.69 Å². The van der Waals surface area contributed by atoms with Gasteiger partial charge >= 0.3 is 5.97 Å². The number of nitrogens with zero attached hydrogens (tertiary/aromatic N) is 1. The van der Waals surface area contributed by atoms with Gasteiger partial charge in [0.25, 0.3) is 0 Å². The summed E-state index contributed by atoms with van der Waals surface area (Å²) in [7, 11) is 1.58. The van der Waals surface area contributed by atoms with Gasteiger partial charge in [0.05, 0.1) is 24.7 Å². The summed E-state index contributed by atoms with van der Waals surface area (Å²) < 4.78 is 5.53. The fourth-order valence-corrected chi connectivity index (χ4v) is 3.68. The number of carboxylic acid groups (broad SMARTS) is 1. The van der Waals surface area contributed by atoms with Gasteiger partial charge in [-0.25, -0.2) is 0 Å². The van der Waals surface area contributed by atoms with E-state index in [0.717, 1.165) is 21.9 Å². The molecular weight excluding hydrogens is 392 g/mol. The van der Waals surface area contributed by atoms with Gasteiger partial charge in [0, 0.05) is 17.7 Å². The highest BCUT2D eigenvalue weighted by atomic mass is 16.5. The van der Waals surface area contributed by atoms with Crippen LogP contribution in [0.15, 0.2) is 54.6 Å². The van der Waals surface area contributed by atoms with E-state index in [9.17, 15) is 14.9 Å². The van der Waals surface area contributed by atoms with Gasteiger partial charge in [0.15, 0.2) is 0 Å². The number of anilines is 1. The predicted molar refractivity (Wildman–Crippen MR) is 119 cm³/mol. The minimum atomic E-state index is -0.865. The molecule has 0 saturated carbocycles. The molecule has 0 heterocycles. The first-order valence-electron chi connectivity index (χ1n) is 10.1. The molecule has 0 aromatic heterocycles. The average molecular weight is 416 g/mol.